The minimum atomic E-state index is -0.108. The van der Waals surface area contributed by atoms with Crippen LogP contribution in [0.4, 0.5) is 0 Å². The Kier molecular flexibility index (Phi) is 1.99. The van der Waals surface area contributed by atoms with Crippen molar-refractivity contribution in [2.75, 3.05) is 0 Å². The second-order valence-corrected chi connectivity index (χ2v) is 4.20. The molecule has 1 spiro atoms. The van der Waals surface area contributed by atoms with Crippen LogP contribution >= 0.6 is 0 Å². The van der Waals surface area contributed by atoms with Crippen molar-refractivity contribution in [1.82, 2.24) is 0 Å². The van der Waals surface area contributed by atoms with Gasteiger partial charge in [0.2, 0.25) is 0 Å². The van der Waals surface area contributed by atoms with Gasteiger partial charge >= 0.3 is 0 Å². The summed E-state index contributed by atoms with van der Waals surface area (Å²) in [4.78, 5) is 5.46. The predicted molar refractivity (Wildman–Crippen MR) is 49.1 cm³/mol. The van der Waals surface area contributed by atoms with E-state index in [1.807, 2.05) is 6.92 Å². The summed E-state index contributed by atoms with van der Waals surface area (Å²) in [5.74, 6) is 0.176. The fraction of sp³-hybridized carbons (Fsp3) is 0.800. The number of oxime groups is 1. The van der Waals surface area contributed by atoms with Crippen LogP contribution in [0.5, 0.6) is 0 Å². The first-order chi connectivity index (χ1) is 6.24. The second-order valence-electron chi connectivity index (χ2n) is 4.20. The zero-order chi connectivity index (χ0) is 9.31. The minimum absolute atomic E-state index is 0.108. The third-order valence-corrected chi connectivity index (χ3v) is 2.96. The van der Waals surface area contributed by atoms with Crippen LogP contribution < -0.4 is 0 Å². The van der Waals surface area contributed by atoms with E-state index >= 15 is 0 Å². The van der Waals surface area contributed by atoms with E-state index in [1.54, 1.807) is 0 Å². The lowest BCUT2D eigenvalue weighted by Gasteiger charge is -2.32. The molecule has 0 radical (unpaired) electrons. The molecule has 1 aliphatic heterocycles. The molecule has 3 heteroatoms. The summed E-state index contributed by atoms with van der Waals surface area (Å²) in [6.45, 7) is 1.99. The predicted octanol–water partition coefficient (Wildman–Crippen LogP) is 2.24. The van der Waals surface area contributed by atoms with Gasteiger partial charge < -0.3 is 4.84 Å². The van der Waals surface area contributed by atoms with E-state index in [0.29, 0.717) is 0 Å². The van der Waals surface area contributed by atoms with E-state index in [1.165, 1.54) is 0 Å². The van der Waals surface area contributed by atoms with Crippen molar-refractivity contribution in [2.45, 2.75) is 44.6 Å². The summed E-state index contributed by atoms with van der Waals surface area (Å²) >= 11 is 0. The number of nitrogens with zero attached hydrogens (tertiary/aromatic N) is 2. The molecule has 1 heterocycles. The average Bonchev–Trinajstić information content (AvgIpc) is 2.47. The smallest absolute Gasteiger partial charge is 0.144 e. The Labute approximate surface area is 78.4 Å². The zero-order valence-corrected chi connectivity index (χ0v) is 7.92. The summed E-state index contributed by atoms with van der Waals surface area (Å²) in [7, 11) is 0. The Morgan fingerprint density at radius 1 is 1.69 bits per heavy atom. The van der Waals surface area contributed by atoms with Crippen LogP contribution in [0, 0.1) is 17.2 Å². The monoisotopic (exact) mass is 178 g/mol. The molecule has 0 aromatic carbocycles. The quantitative estimate of drug-likeness (QED) is 0.571. The normalized spacial score (nSPS) is 38.2. The lowest BCUT2D eigenvalue weighted by atomic mass is 9.76. The van der Waals surface area contributed by atoms with Gasteiger partial charge in [0.25, 0.3) is 0 Å². The fourth-order valence-electron chi connectivity index (χ4n) is 2.38. The van der Waals surface area contributed by atoms with Gasteiger partial charge in [-0.15, -0.1) is 0 Å². The van der Waals surface area contributed by atoms with Gasteiger partial charge in [-0.1, -0.05) is 5.16 Å². The highest BCUT2D eigenvalue weighted by Gasteiger charge is 2.42. The summed E-state index contributed by atoms with van der Waals surface area (Å²) in [6, 6.07) is 2.34. The third kappa shape index (κ3) is 1.53. The Hall–Kier alpha value is -1.04. The number of hydrogen-bond acceptors (Lipinski definition) is 3. The SMILES string of the molecule is CC1=NOC2(CCCC(C#N)C2)C1. The number of rotatable bonds is 0. The van der Waals surface area contributed by atoms with Crippen molar-refractivity contribution in [3.63, 3.8) is 0 Å². The summed E-state index contributed by atoms with van der Waals surface area (Å²) in [5, 5.41) is 12.8. The molecule has 3 nitrogen and oxygen atoms in total. The van der Waals surface area contributed by atoms with E-state index in [0.717, 1.165) is 37.8 Å². The average molecular weight is 178 g/mol. The Bertz CT molecular complexity index is 279. The molecule has 0 aromatic rings. The van der Waals surface area contributed by atoms with E-state index in [-0.39, 0.29) is 11.5 Å². The molecule has 2 unspecified atom stereocenters. The van der Waals surface area contributed by atoms with Crippen molar-refractivity contribution in [3.8, 4) is 6.07 Å². The summed E-state index contributed by atoms with van der Waals surface area (Å²) < 4.78 is 0. The molecule has 2 atom stereocenters. The van der Waals surface area contributed by atoms with Crippen LogP contribution in [0.3, 0.4) is 0 Å². The van der Waals surface area contributed by atoms with Crippen molar-refractivity contribution < 1.29 is 4.84 Å². The van der Waals surface area contributed by atoms with Crippen LogP contribution in [0.15, 0.2) is 5.16 Å². The van der Waals surface area contributed by atoms with Crippen LogP contribution in [-0.4, -0.2) is 11.3 Å². The van der Waals surface area contributed by atoms with Crippen LogP contribution in [0.2, 0.25) is 0 Å². The van der Waals surface area contributed by atoms with Crippen LogP contribution in [0.1, 0.15) is 39.0 Å². The molecule has 0 bridgehead atoms. The molecular formula is C10H14N2O. The van der Waals surface area contributed by atoms with Gasteiger partial charge in [0.05, 0.1) is 17.7 Å². The molecular weight excluding hydrogens is 164 g/mol. The first-order valence-corrected chi connectivity index (χ1v) is 4.85. The Morgan fingerprint density at radius 3 is 3.15 bits per heavy atom. The maximum absolute atomic E-state index is 8.86. The molecule has 1 saturated carbocycles. The maximum atomic E-state index is 8.86. The maximum Gasteiger partial charge on any atom is 0.144 e. The topological polar surface area (TPSA) is 45.4 Å². The highest BCUT2D eigenvalue weighted by Crippen LogP contribution is 2.40. The molecule has 1 aliphatic carbocycles. The zero-order valence-electron chi connectivity index (χ0n) is 7.92. The van der Waals surface area contributed by atoms with Crippen LogP contribution in [-0.2, 0) is 4.84 Å². The van der Waals surface area contributed by atoms with Gasteiger partial charge in [0.1, 0.15) is 5.60 Å². The molecule has 0 saturated heterocycles. The number of hydrogen-bond donors (Lipinski definition) is 0. The van der Waals surface area contributed by atoms with E-state index < -0.39 is 0 Å². The molecule has 0 N–H and O–H groups in total. The van der Waals surface area contributed by atoms with Gasteiger partial charge in [-0.05, 0) is 26.2 Å². The van der Waals surface area contributed by atoms with Crippen molar-refractivity contribution in [3.05, 3.63) is 0 Å². The molecule has 0 aromatic heterocycles. The van der Waals surface area contributed by atoms with Crippen molar-refractivity contribution in [1.29, 1.82) is 5.26 Å². The number of nitriles is 1. The first-order valence-electron chi connectivity index (χ1n) is 4.85. The summed E-state index contributed by atoms with van der Waals surface area (Å²) in [6.07, 6.45) is 4.98. The van der Waals surface area contributed by atoms with E-state index in [9.17, 15) is 0 Å². The lowest BCUT2D eigenvalue weighted by Crippen LogP contribution is -2.35. The van der Waals surface area contributed by atoms with Gasteiger partial charge in [0.15, 0.2) is 0 Å². The summed E-state index contributed by atoms with van der Waals surface area (Å²) in [5.41, 5.74) is 0.960. The Morgan fingerprint density at radius 2 is 2.54 bits per heavy atom. The van der Waals surface area contributed by atoms with Gasteiger partial charge in [-0.25, -0.2) is 0 Å². The van der Waals surface area contributed by atoms with E-state index in [2.05, 4.69) is 11.2 Å². The van der Waals surface area contributed by atoms with Gasteiger partial charge in [-0.3, -0.25) is 0 Å². The Balaban J connectivity index is 2.05. The third-order valence-electron chi connectivity index (χ3n) is 2.96. The standard InChI is InChI=1S/C10H14N2O/c1-8-5-10(13-12-8)4-2-3-9(6-10)7-11/h9H,2-6H2,1H3. The molecule has 1 fully saturated rings. The highest BCUT2D eigenvalue weighted by atomic mass is 16.7. The minimum Gasteiger partial charge on any atom is -0.389 e. The van der Waals surface area contributed by atoms with Gasteiger partial charge in [-0.2, -0.15) is 5.26 Å². The molecule has 0 amide bonds. The fourth-order valence-corrected chi connectivity index (χ4v) is 2.38. The molecule has 13 heavy (non-hydrogen) atoms. The van der Waals surface area contributed by atoms with Crippen molar-refractivity contribution >= 4 is 5.71 Å². The largest absolute Gasteiger partial charge is 0.389 e. The van der Waals surface area contributed by atoms with Crippen LogP contribution in [0.25, 0.3) is 0 Å². The molecule has 2 rings (SSSR count). The second kappa shape index (κ2) is 3.02. The first kappa shape index (κ1) is 8.55. The molecule has 2 aliphatic rings. The lowest BCUT2D eigenvalue weighted by molar-refractivity contribution is -0.0532. The van der Waals surface area contributed by atoms with Crippen molar-refractivity contribution in [2.24, 2.45) is 11.1 Å². The van der Waals surface area contributed by atoms with E-state index in [4.69, 9.17) is 10.1 Å². The highest BCUT2D eigenvalue weighted by molar-refractivity contribution is 5.83. The van der Waals surface area contributed by atoms with Gasteiger partial charge in [0, 0.05) is 12.8 Å². The molecule has 70 valence electrons.